The molecule has 1 atom stereocenters. The highest BCUT2D eigenvalue weighted by molar-refractivity contribution is 5.78. The lowest BCUT2D eigenvalue weighted by Crippen LogP contribution is -2.46. The third kappa shape index (κ3) is 6.07. The van der Waals surface area contributed by atoms with Crippen molar-refractivity contribution in [2.24, 2.45) is 0 Å². The lowest BCUT2D eigenvalue weighted by Gasteiger charge is -2.35. The van der Waals surface area contributed by atoms with Crippen LogP contribution in [0.5, 0.6) is 11.5 Å². The zero-order valence-electron chi connectivity index (χ0n) is 17.6. The second kappa shape index (κ2) is 10.6. The van der Waals surface area contributed by atoms with Gasteiger partial charge in [-0.15, -0.1) is 5.10 Å². The van der Waals surface area contributed by atoms with E-state index in [-0.39, 0.29) is 18.6 Å². The Morgan fingerprint density at radius 3 is 2.42 bits per heavy atom. The number of benzene rings is 2. The highest BCUT2D eigenvalue weighted by atomic mass is 16.5. The molecule has 4 rings (SSSR count). The van der Waals surface area contributed by atoms with Crippen molar-refractivity contribution in [3.05, 3.63) is 72.6 Å². The highest BCUT2D eigenvalue weighted by Crippen LogP contribution is 2.21. The lowest BCUT2D eigenvalue weighted by molar-refractivity contribution is -0.137. The zero-order valence-corrected chi connectivity index (χ0v) is 17.6. The Labute approximate surface area is 182 Å². The standard InChI is InChI=1S/C24H28N4O3/c29-24(19-31-23-12-5-2-6-13-23)28-15-8-7-9-21(28)14-16-27-17-20(25-26-27)18-30-22-10-3-1-4-11-22/h1-6,10-13,17,21H,7-9,14-16,18-19H2. The first-order chi connectivity index (χ1) is 15.3. The van der Waals surface area contributed by atoms with Crippen LogP contribution < -0.4 is 9.47 Å². The van der Waals surface area contributed by atoms with E-state index < -0.39 is 0 Å². The number of ether oxygens (including phenoxy) is 2. The van der Waals surface area contributed by atoms with Crippen LogP contribution in [0.2, 0.25) is 0 Å². The maximum Gasteiger partial charge on any atom is 0.260 e. The molecule has 1 fully saturated rings. The lowest BCUT2D eigenvalue weighted by atomic mass is 9.99. The van der Waals surface area contributed by atoms with Gasteiger partial charge in [-0.2, -0.15) is 0 Å². The summed E-state index contributed by atoms with van der Waals surface area (Å²) in [6.07, 6.45) is 5.95. The van der Waals surface area contributed by atoms with Gasteiger partial charge in [0.05, 0.1) is 6.20 Å². The molecule has 1 aromatic heterocycles. The molecule has 0 spiro atoms. The van der Waals surface area contributed by atoms with Crippen molar-refractivity contribution in [1.29, 1.82) is 0 Å². The van der Waals surface area contributed by atoms with Gasteiger partial charge < -0.3 is 14.4 Å². The Morgan fingerprint density at radius 2 is 1.68 bits per heavy atom. The molecule has 1 aliphatic heterocycles. The average Bonchev–Trinajstić information content (AvgIpc) is 3.29. The van der Waals surface area contributed by atoms with Gasteiger partial charge in [-0.05, 0) is 49.9 Å². The van der Waals surface area contributed by atoms with E-state index >= 15 is 0 Å². The Hall–Kier alpha value is -3.35. The van der Waals surface area contributed by atoms with Crippen molar-refractivity contribution in [3.63, 3.8) is 0 Å². The molecule has 2 heterocycles. The molecule has 0 saturated carbocycles. The molecule has 1 aliphatic rings. The monoisotopic (exact) mass is 420 g/mol. The maximum absolute atomic E-state index is 12.8. The molecule has 0 N–H and O–H groups in total. The minimum Gasteiger partial charge on any atom is -0.487 e. The zero-order chi connectivity index (χ0) is 21.3. The fraction of sp³-hybridized carbons (Fsp3) is 0.375. The summed E-state index contributed by atoms with van der Waals surface area (Å²) in [7, 11) is 0. The van der Waals surface area contributed by atoms with E-state index in [0.717, 1.165) is 49.4 Å². The fourth-order valence-electron chi connectivity index (χ4n) is 3.84. The summed E-state index contributed by atoms with van der Waals surface area (Å²) in [4.78, 5) is 14.7. The second-order valence-electron chi connectivity index (χ2n) is 7.70. The van der Waals surface area contributed by atoms with Crippen LogP contribution in [0.25, 0.3) is 0 Å². The van der Waals surface area contributed by atoms with E-state index in [9.17, 15) is 4.79 Å². The van der Waals surface area contributed by atoms with Crippen LogP contribution >= 0.6 is 0 Å². The van der Waals surface area contributed by atoms with Gasteiger partial charge in [-0.3, -0.25) is 9.48 Å². The summed E-state index contributed by atoms with van der Waals surface area (Å²) < 4.78 is 13.2. The van der Waals surface area contributed by atoms with E-state index in [1.165, 1.54) is 0 Å². The number of nitrogens with zero attached hydrogens (tertiary/aromatic N) is 4. The molecule has 0 radical (unpaired) electrons. The van der Waals surface area contributed by atoms with Crippen LogP contribution in [-0.2, 0) is 17.9 Å². The van der Waals surface area contributed by atoms with Gasteiger partial charge in [0.25, 0.3) is 5.91 Å². The summed E-state index contributed by atoms with van der Waals surface area (Å²) in [6, 6.07) is 19.3. The number of piperidine rings is 1. The Morgan fingerprint density at radius 1 is 0.968 bits per heavy atom. The predicted molar refractivity (Wildman–Crippen MR) is 117 cm³/mol. The number of hydrogen-bond acceptors (Lipinski definition) is 5. The fourth-order valence-corrected chi connectivity index (χ4v) is 3.84. The molecule has 162 valence electrons. The minimum atomic E-state index is 0.0455. The van der Waals surface area contributed by atoms with Crippen LogP contribution in [0.15, 0.2) is 66.9 Å². The summed E-state index contributed by atoms with van der Waals surface area (Å²) in [5, 5.41) is 8.42. The SMILES string of the molecule is O=C(COc1ccccc1)N1CCCCC1CCn1cc(COc2ccccc2)nn1. The topological polar surface area (TPSA) is 69.5 Å². The molecule has 0 aliphatic carbocycles. The van der Waals surface area contributed by atoms with Crippen LogP contribution in [0, 0.1) is 0 Å². The number of para-hydroxylation sites is 2. The maximum atomic E-state index is 12.8. The van der Waals surface area contributed by atoms with Gasteiger partial charge in [-0.25, -0.2) is 0 Å². The van der Waals surface area contributed by atoms with Crippen molar-refractivity contribution >= 4 is 5.91 Å². The molecule has 1 amide bonds. The normalized spacial score (nSPS) is 16.1. The van der Waals surface area contributed by atoms with Gasteiger partial charge in [0.15, 0.2) is 6.61 Å². The first-order valence-corrected chi connectivity index (χ1v) is 10.8. The highest BCUT2D eigenvalue weighted by Gasteiger charge is 2.26. The summed E-state index contributed by atoms with van der Waals surface area (Å²) in [6.45, 7) is 1.96. The minimum absolute atomic E-state index is 0.0455. The smallest absolute Gasteiger partial charge is 0.260 e. The Kier molecular flexibility index (Phi) is 7.16. The van der Waals surface area contributed by atoms with E-state index in [2.05, 4.69) is 10.3 Å². The third-order valence-corrected chi connectivity index (χ3v) is 5.46. The summed E-state index contributed by atoms with van der Waals surface area (Å²) in [5.74, 6) is 1.58. The number of carbonyl (C=O) groups is 1. The molecular formula is C24H28N4O3. The first-order valence-electron chi connectivity index (χ1n) is 10.8. The van der Waals surface area contributed by atoms with Crippen LogP contribution in [0.4, 0.5) is 0 Å². The molecule has 7 heteroatoms. The summed E-state index contributed by atoms with van der Waals surface area (Å²) >= 11 is 0. The van der Waals surface area contributed by atoms with Gasteiger partial charge in [0, 0.05) is 19.1 Å². The number of aryl methyl sites for hydroxylation is 1. The molecule has 1 unspecified atom stereocenters. The first kappa shape index (κ1) is 20.9. The third-order valence-electron chi connectivity index (χ3n) is 5.46. The van der Waals surface area contributed by atoms with Crippen molar-refractivity contribution in [2.75, 3.05) is 13.2 Å². The Bertz CT molecular complexity index is 946. The van der Waals surface area contributed by atoms with E-state index in [4.69, 9.17) is 9.47 Å². The van der Waals surface area contributed by atoms with Crippen molar-refractivity contribution in [1.82, 2.24) is 19.9 Å². The number of likely N-dealkylation sites (tertiary alicyclic amines) is 1. The molecular weight excluding hydrogens is 392 g/mol. The second-order valence-corrected chi connectivity index (χ2v) is 7.70. The van der Waals surface area contributed by atoms with Gasteiger partial charge >= 0.3 is 0 Å². The molecule has 31 heavy (non-hydrogen) atoms. The van der Waals surface area contributed by atoms with Crippen LogP contribution in [0.3, 0.4) is 0 Å². The number of amides is 1. The van der Waals surface area contributed by atoms with Gasteiger partial charge in [0.1, 0.15) is 23.8 Å². The predicted octanol–water partition coefficient (Wildman–Crippen LogP) is 3.71. The molecule has 2 aromatic carbocycles. The van der Waals surface area contributed by atoms with Crippen LogP contribution in [0.1, 0.15) is 31.4 Å². The average molecular weight is 421 g/mol. The largest absolute Gasteiger partial charge is 0.487 e. The molecule has 0 bridgehead atoms. The number of carbonyl (C=O) groups excluding carboxylic acids is 1. The number of rotatable bonds is 9. The van der Waals surface area contributed by atoms with Gasteiger partial charge in [0.2, 0.25) is 0 Å². The molecule has 7 nitrogen and oxygen atoms in total. The molecule has 1 saturated heterocycles. The van der Waals surface area contributed by atoms with E-state index in [1.807, 2.05) is 76.4 Å². The quantitative estimate of drug-likeness (QED) is 0.528. The van der Waals surface area contributed by atoms with Gasteiger partial charge in [-0.1, -0.05) is 41.6 Å². The Balaban J connectivity index is 1.26. The van der Waals surface area contributed by atoms with E-state index in [1.54, 1.807) is 0 Å². The van der Waals surface area contributed by atoms with Crippen LogP contribution in [-0.4, -0.2) is 45.0 Å². The molecule has 3 aromatic rings. The van der Waals surface area contributed by atoms with Crippen molar-refractivity contribution in [3.8, 4) is 11.5 Å². The van der Waals surface area contributed by atoms with Crippen molar-refractivity contribution < 1.29 is 14.3 Å². The van der Waals surface area contributed by atoms with E-state index in [0.29, 0.717) is 13.2 Å². The summed E-state index contributed by atoms with van der Waals surface area (Å²) in [5.41, 5.74) is 0.789. The number of hydrogen-bond donors (Lipinski definition) is 0. The number of aromatic nitrogens is 3. The van der Waals surface area contributed by atoms with Crippen molar-refractivity contribution in [2.45, 2.75) is 44.9 Å².